The highest BCUT2D eigenvalue weighted by atomic mass is 16.2. The summed E-state index contributed by atoms with van der Waals surface area (Å²) in [6, 6.07) is 0. The van der Waals surface area contributed by atoms with Crippen molar-refractivity contribution in [1.29, 1.82) is 0 Å². The molecule has 2 fully saturated rings. The maximum atomic E-state index is 12.7. The van der Waals surface area contributed by atoms with Gasteiger partial charge in [-0.3, -0.25) is 13.9 Å². The van der Waals surface area contributed by atoms with Gasteiger partial charge in [-0.15, -0.1) is 0 Å². The maximum Gasteiger partial charge on any atom is 0.332 e. The highest BCUT2D eigenvalue weighted by molar-refractivity contribution is 5.70. The van der Waals surface area contributed by atoms with Gasteiger partial charge in [0.1, 0.15) is 5.82 Å². The first-order valence-corrected chi connectivity index (χ1v) is 7.73. The van der Waals surface area contributed by atoms with E-state index in [1.807, 2.05) is 18.5 Å². The fourth-order valence-electron chi connectivity index (χ4n) is 2.91. The molecular weight excluding hydrogens is 268 g/mol. The van der Waals surface area contributed by atoms with Crippen molar-refractivity contribution in [3.63, 3.8) is 0 Å². The van der Waals surface area contributed by atoms with Gasteiger partial charge in [-0.25, -0.2) is 9.78 Å². The Morgan fingerprint density at radius 1 is 1.05 bits per heavy atom. The monoisotopic (exact) mass is 288 g/mol. The van der Waals surface area contributed by atoms with E-state index in [4.69, 9.17) is 0 Å². The third-order valence-corrected chi connectivity index (χ3v) is 4.74. The lowest BCUT2D eigenvalue weighted by atomic mass is 10.3. The van der Waals surface area contributed by atoms with Gasteiger partial charge in [0.05, 0.1) is 0 Å². The average Bonchev–Trinajstić information content (AvgIpc) is 3.34. The van der Waals surface area contributed by atoms with Crippen LogP contribution in [0.5, 0.6) is 0 Å². The second kappa shape index (κ2) is 4.32. The Labute approximate surface area is 122 Å². The number of aromatic nitrogens is 4. The van der Waals surface area contributed by atoms with Crippen molar-refractivity contribution in [3.05, 3.63) is 26.7 Å². The van der Waals surface area contributed by atoms with Gasteiger partial charge in [0, 0.05) is 20.1 Å². The van der Waals surface area contributed by atoms with Crippen LogP contribution in [0.15, 0.2) is 9.59 Å². The van der Waals surface area contributed by atoms with Crippen LogP contribution in [0.1, 0.15) is 31.5 Å². The number of rotatable bonds is 4. The topological polar surface area (TPSA) is 61.8 Å². The molecule has 0 N–H and O–H groups in total. The first kappa shape index (κ1) is 12.9. The van der Waals surface area contributed by atoms with Gasteiger partial charge in [0.25, 0.3) is 5.56 Å². The van der Waals surface area contributed by atoms with Crippen LogP contribution >= 0.6 is 0 Å². The standard InChI is InChI=1S/C15H20N4O2/c1-9-16-13-12(17(9)2)14(20)19(8-11-5-6-11)15(21)18(13)7-10-3-4-10/h10-11H,3-8H2,1-2H3. The fourth-order valence-corrected chi connectivity index (χ4v) is 2.91. The first-order valence-electron chi connectivity index (χ1n) is 7.73. The summed E-state index contributed by atoms with van der Waals surface area (Å²) in [5, 5.41) is 0. The highest BCUT2D eigenvalue weighted by Crippen LogP contribution is 2.31. The van der Waals surface area contributed by atoms with Crippen molar-refractivity contribution in [2.75, 3.05) is 0 Å². The van der Waals surface area contributed by atoms with Gasteiger partial charge in [0.2, 0.25) is 0 Å². The van der Waals surface area contributed by atoms with E-state index >= 15 is 0 Å². The van der Waals surface area contributed by atoms with E-state index in [2.05, 4.69) is 4.98 Å². The quantitative estimate of drug-likeness (QED) is 0.844. The summed E-state index contributed by atoms with van der Waals surface area (Å²) >= 11 is 0. The van der Waals surface area contributed by atoms with E-state index in [9.17, 15) is 9.59 Å². The molecule has 21 heavy (non-hydrogen) atoms. The van der Waals surface area contributed by atoms with Gasteiger partial charge in [-0.05, 0) is 44.4 Å². The molecule has 2 saturated carbocycles. The SMILES string of the molecule is Cc1nc2c(c(=O)n(CC3CC3)c(=O)n2CC2CC2)n1C. The Bertz CT molecular complexity index is 834. The number of fused-ring (bicyclic) bond motifs is 1. The molecule has 0 spiro atoms. The molecule has 0 aromatic carbocycles. The van der Waals surface area contributed by atoms with Crippen molar-refractivity contribution in [2.45, 2.75) is 45.7 Å². The van der Waals surface area contributed by atoms with Crippen molar-refractivity contribution >= 4 is 11.2 Å². The number of hydrogen-bond donors (Lipinski definition) is 0. The van der Waals surface area contributed by atoms with Gasteiger partial charge in [-0.2, -0.15) is 0 Å². The minimum atomic E-state index is -0.183. The second-order valence-electron chi connectivity index (χ2n) is 6.59. The molecular formula is C15H20N4O2. The Morgan fingerprint density at radius 2 is 1.62 bits per heavy atom. The minimum absolute atomic E-state index is 0.176. The molecule has 4 rings (SSSR count). The molecule has 0 unspecified atom stereocenters. The summed E-state index contributed by atoms with van der Waals surface area (Å²) < 4.78 is 4.97. The molecule has 112 valence electrons. The van der Waals surface area contributed by atoms with E-state index < -0.39 is 0 Å². The van der Waals surface area contributed by atoms with Gasteiger partial charge >= 0.3 is 5.69 Å². The lowest BCUT2D eigenvalue weighted by Gasteiger charge is -2.11. The van der Waals surface area contributed by atoms with Crippen LogP contribution in [0.2, 0.25) is 0 Å². The molecule has 2 heterocycles. The molecule has 0 atom stereocenters. The molecule has 0 aliphatic heterocycles. The van der Waals surface area contributed by atoms with Crippen molar-refractivity contribution in [3.8, 4) is 0 Å². The Balaban J connectivity index is 2.00. The smallest absolute Gasteiger partial charge is 0.325 e. The normalized spacial score (nSPS) is 18.6. The van der Waals surface area contributed by atoms with E-state index in [-0.39, 0.29) is 11.2 Å². The first-order chi connectivity index (χ1) is 10.1. The number of nitrogens with zero attached hydrogens (tertiary/aromatic N) is 4. The zero-order valence-corrected chi connectivity index (χ0v) is 12.5. The van der Waals surface area contributed by atoms with E-state index in [0.717, 1.165) is 18.7 Å². The molecule has 6 nitrogen and oxygen atoms in total. The van der Waals surface area contributed by atoms with Gasteiger partial charge in [0.15, 0.2) is 11.2 Å². The number of imidazole rings is 1. The zero-order valence-electron chi connectivity index (χ0n) is 12.5. The Kier molecular flexibility index (Phi) is 2.65. The van der Waals surface area contributed by atoms with E-state index in [0.29, 0.717) is 36.1 Å². The minimum Gasteiger partial charge on any atom is -0.325 e. The van der Waals surface area contributed by atoms with Crippen LogP contribution in [-0.4, -0.2) is 18.7 Å². The summed E-state index contributed by atoms with van der Waals surface area (Å²) in [4.78, 5) is 29.9. The van der Waals surface area contributed by atoms with Crippen LogP contribution in [0.4, 0.5) is 0 Å². The van der Waals surface area contributed by atoms with Gasteiger partial charge in [-0.1, -0.05) is 0 Å². The summed E-state index contributed by atoms with van der Waals surface area (Å²) in [7, 11) is 1.85. The van der Waals surface area contributed by atoms with Crippen molar-refractivity contribution in [2.24, 2.45) is 18.9 Å². The molecule has 2 aromatic rings. The van der Waals surface area contributed by atoms with Crippen LogP contribution in [0, 0.1) is 18.8 Å². The van der Waals surface area contributed by atoms with E-state index in [1.165, 1.54) is 17.4 Å². The van der Waals surface area contributed by atoms with Crippen molar-refractivity contribution in [1.82, 2.24) is 18.7 Å². The summed E-state index contributed by atoms with van der Waals surface area (Å²) in [6.07, 6.45) is 4.58. The molecule has 6 heteroatoms. The van der Waals surface area contributed by atoms with E-state index in [1.54, 1.807) is 4.57 Å². The predicted molar refractivity (Wildman–Crippen MR) is 79.4 cm³/mol. The Hall–Kier alpha value is -1.85. The van der Waals surface area contributed by atoms with Crippen LogP contribution in [0.25, 0.3) is 11.2 Å². The van der Waals surface area contributed by atoms with Gasteiger partial charge < -0.3 is 4.57 Å². The molecule has 0 bridgehead atoms. The molecule has 2 aromatic heterocycles. The molecule has 2 aliphatic carbocycles. The fraction of sp³-hybridized carbons (Fsp3) is 0.667. The highest BCUT2D eigenvalue weighted by Gasteiger charge is 2.28. The summed E-state index contributed by atoms with van der Waals surface area (Å²) in [6.45, 7) is 3.12. The second-order valence-corrected chi connectivity index (χ2v) is 6.59. The lowest BCUT2D eigenvalue weighted by Crippen LogP contribution is -2.41. The predicted octanol–water partition coefficient (Wildman–Crippen LogP) is 1.03. The maximum absolute atomic E-state index is 12.7. The number of hydrogen-bond acceptors (Lipinski definition) is 3. The average molecular weight is 288 g/mol. The Morgan fingerprint density at radius 3 is 2.19 bits per heavy atom. The third kappa shape index (κ3) is 2.04. The summed E-state index contributed by atoms with van der Waals surface area (Å²) in [5.41, 5.74) is 0.763. The molecule has 0 radical (unpaired) electrons. The van der Waals surface area contributed by atoms with Crippen LogP contribution in [0.3, 0.4) is 0 Å². The molecule has 0 saturated heterocycles. The number of aryl methyl sites for hydroxylation is 2. The van der Waals surface area contributed by atoms with Crippen LogP contribution in [-0.2, 0) is 20.1 Å². The zero-order chi connectivity index (χ0) is 14.7. The molecule has 0 amide bonds. The van der Waals surface area contributed by atoms with Crippen LogP contribution < -0.4 is 11.2 Å². The van der Waals surface area contributed by atoms with Crippen molar-refractivity contribution < 1.29 is 0 Å². The lowest BCUT2D eigenvalue weighted by molar-refractivity contribution is 0.519. The third-order valence-electron chi connectivity index (χ3n) is 4.74. The summed E-state index contributed by atoms with van der Waals surface area (Å²) in [5.74, 6) is 1.84. The largest absolute Gasteiger partial charge is 0.332 e. The molecule has 2 aliphatic rings.